The zero-order valence-corrected chi connectivity index (χ0v) is 15.1. The van der Waals surface area contributed by atoms with Gasteiger partial charge in [0.15, 0.2) is 0 Å². The van der Waals surface area contributed by atoms with Gasteiger partial charge in [-0.1, -0.05) is 12.1 Å². The third kappa shape index (κ3) is 4.83. The van der Waals surface area contributed by atoms with E-state index in [9.17, 15) is 4.79 Å². The Balaban J connectivity index is 1.56. The molecule has 0 aliphatic carbocycles. The molecule has 25 heavy (non-hydrogen) atoms. The molecule has 2 fully saturated rings. The molecule has 0 radical (unpaired) electrons. The average Bonchev–Trinajstić information content (AvgIpc) is 2.67. The summed E-state index contributed by atoms with van der Waals surface area (Å²) in [4.78, 5) is 16.7. The quantitative estimate of drug-likeness (QED) is 0.851. The number of nitrogens with zero attached hydrogens (tertiary/aromatic N) is 2. The third-order valence-corrected chi connectivity index (χ3v) is 5.20. The Kier molecular flexibility index (Phi) is 6.10. The number of hydrogen-bond donors (Lipinski definition) is 1. The van der Waals surface area contributed by atoms with Crippen molar-refractivity contribution >= 4 is 17.7 Å². The fourth-order valence-electron chi connectivity index (χ4n) is 3.53. The largest absolute Gasteiger partial charge is 0.378 e. The van der Waals surface area contributed by atoms with Gasteiger partial charge in [-0.2, -0.15) is 0 Å². The number of carbonyl (C=O) groups is 1. The van der Waals surface area contributed by atoms with Gasteiger partial charge in [0.2, 0.25) is 5.91 Å². The van der Waals surface area contributed by atoms with Crippen molar-refractivity contribution in [3.63, 3.8) is 0 Å². The minimum absolute atomic E-state index is 0.0857. The second-order valence-electron chi connectivity index (χ2n) is 7.07. The molecule has 2 heterocycles. The number of amides is 1. The number of anilines is 1. The van der Waals surface area contributed by atoms with Crippen LogP contribution in [0.25, 0.3) is 6.08 Å². The zero-order chi connectivity index (χ0) is 17.6. The van der Waals surface area contributed by atoms with E-state index in [0.717, 1.165) is 57.8 Å². The summed E-state index contributed by atoms with van der Waals surface area (Å²) in [5.74, 6) is 0.501. The molecule has 136 valence electrons. The Morgan fingerprint density at radius 1 is 1.24 bits per heavy atom. The van der Waals surface area contributed by atoms with Gasteiger partial charge in [0.1, 0.15) is 0 Å². The Morgan fingerprint density at radius 2 is 1.96 bits per heavy atom. The molecule has 1 aromatic carbocycles. The van der Waals surface area contributed by atoms with Crippen molar-refractivity contribution in [2.75, 3.05) is 44.3 Å². The van der Waals surface area contributed by atoms with E-state index in [1.807, 2.05) is 17.9 Å². The number of piperidine rings is 1. The van der Waals surface area contributed by atoms with Gasteiger partial charge in [-0.15, -0.1) is 0 Å². The van der Waals surface area contributed by atoms with Crippen LogP contribution in [0, 0.1) is 5.92 Å². The molecule has 5 nitrogen and oxygen atoms in total. The summed E-state index contributed by atoms with van der Waals surface area (Å²) < 4.78 is 5.39. The average molecular weight is 343 g/mol. The lowest BCUT2D eigenvalue weighted by atomic mass is 9.92. The molecule has 2 aliphatic heterocycles. The first-order chi connectivity index (χ1) is 12.1. The SMILES string of the molecule is CC(N)C1CCCN(C(=O)C=Cc2ccc(N3CCOCC3)cc2)C1. The maximum absolute atomic E-state index is 12.4. The molecule has 2 aliphatic rings. The predicted molar refractivity (Wildman–Crippen MR) is 101 cm³/mol. The summed E-state index contributed by atoms with van der Waals surface area (Å²) >= 11 is 0. The molecule has 3 rings (SSSR count). The summed E-state index contributed by atoms with van der Waals surface area (Å²) in [6.07, 6.45) is 5.75. The van der Waals surface area contributed by atoms with Gasteiger partial charge in [0, 0.05) is 44.0 Å². The molecule has 2 N–H and O–H groups in total. The second kappa shape index (κ2) is 8.50. The predicted octanol–water partition coefficient (Wildman–Crippen LogP) is 2.12. The smallest absolute Gasteiger partial charge is 0.246 e. The lowest BCUT2D eigenvalue weighted by Crippen LogP contribution is -2.44. The molecule has 0 saturated carbocycles. The fraction of sp³-hybridized carbons (Fsp3) is 0.550. The van der Waals surface area contributed by atoms with Crippen LogP contribution in [0.15, 0.2) is 30.3 Å². The molecule has 1 amide bonds. The Bertz CT molecular complexity index is 591. The van der Waals surface area contributed by atoms with Crippen molar-refractivity contribution in [1.82, 2.24) is 4.90 Å². The second-order valence-corrected chi connectivity index (χ2v) is 7.07. The summed E-state index contributed by atoms with van der Waals surface area (Å²) in [6, 6.07) is 8.50. The van der Waals surface area contributed by atoms with Crippen molar-refractivity contribution in [3.8, 4) is 0 Å². The number of nitrogens with two attached hydrogens (primary N) is 1. The molecule has 1 aromatic rings. The van der Waals surface area contributed by atoms with Crippen LogP contribution in [-0.2, 0) is 9.53 Å². The first-order valence-corrected chi connectivity index (χ1v) is 9.29. The Morgan fingerprint density at radius 3 is 2.64 bits per heavy atom. The Labute approximate surface area is 150 Å². The van der Waals surface area contributed by atoms with E-state index >= 15 is 0 Å². The van der Waals surface area contributed by atoms with Gasteiger partial charge in [-0.25, -0.2) is 0 Å². The lowest BCUT2D eigenvalue weighted by Gasteiger charge is -2.34. The van der Waals surface area contributed by atoms with Crippen molar-refractivity contribution in [2.24, 2.45) is 11.7 Å². The van der Waals surface area contributed by atoms with E-state index in [-0.39, 0.29) is 11.9 Å². The number of benzene rings is 1. The van der Waals surface area contributed by atoms with E-state index in [1.54, 1.807) is 6.08 Å². The zero-order valence-electron chi connectivity index (χ0n) is 15.1. The normalized spacial score (nSPS) is 23.0. The van der Waals surface area contributed by atoms with Gasteiger partial charge in [-0.05, 0) is 49.5 Å². The van der Waals surface area contributed by atoms with Crippen molar-refractivity contribution in [2.45, 2.75) is 25.8 Å². The number of carbonyl (C=O) groups excluding carboxylic acids is 1. The minimum atomic E-state index is 0.0857. The van der Waals surface area contributed by atoms with Crippen LogP contribution in [0.1, 0.15) is 25.3 Å². The molecular weight excluding hydrogens is 314 g/mol. The molecule has 0 aromatic heterocycles. The van der Waals surface area contributed by atoms with Gasteiger partial charge < -0.3 is 20.3 Å². The number of ether oxygens (including phenoxy) is 1. The van der Waals surface area contributed by atoms with Crippen molar-refractivity contribution < 1.29 is 9.53 Å². The molecule has 0 spiro atoms. The van der Waals surface area contributed by atoms with E-state index in [0.29, 0.717) is 5.92 Å². The number of likely N-dealkylation sites (tertiary alicyclic amines) is 1. The van der Waals surface area contributed by atoms with E-state index in [4.69, 9.17) is 10.5 Å². The molecule has 2 unspecified atom stereocenters. The van der Waals surface area contributed by atoms with Crippen LogP contribution in [-0.4, -0.2) is 56.2 Å². The van der Waals surface area contributed by atoms with Crippen LogP contribution in [0.2, 0.25) is 0 Å². The van der Waals surface area contributed by atoms with Crippen LogP contribution in [0.4, 0.5) is 5.69 Å². The summed E-state index contributed by atoms with van der Waals surface area (Å²) in [5, 5.41) is 0. The van der Waals surface area contributed by atoms with E-state index in [2.05, 4.69) is 29.2 Å². The standard InChI is InChI=1S/C20H29N3O2/c1-16(21)18-3-2-10-23(15-18)20(24)9-6-17-4-7-19(8-5-17)22-11-13-25-14-12-22/h4-9,16,18H,2-3,10-15,21H2,1H3. The summed E-state index contributed by atoms with van der Waals surface area (Å²) in [6.45, 7) is 7.08. The number of rotatable bonds is 4. The fourth-order valence-corrected chi connectivity index (χ4v) is 3.53. The molecule has 5 heteroatoms. The highest BCUT2D eigenvalue weighted by Crippen LogP contribution is 2.20. The highest BCUT2D eigenvalue weighted by molar-refractivity contribution is 5.91. The monoisotopic (exact) mass is 343 g/mol. The molecule has 0 bridgehead atoms. The maximum atomic E-state index is 12.4. The minimum Gasteiger partial charge on any atom is -0.378 e. The third-order valence-electron chi connectivity index (χ3n) is 5.20. The van der Waals surface area contributed by atoms with Crippen LogP contribution in [0.3, 0.4) is 0 Å². The van der Waals surface area contributed by atoms with Gasteiger partial charge in [0.05, 0.1) is 13.2 Å². The molecular formula is C20H29N3O2. The van der Waals surface area contributed by atoms with Crippen molar-refractivity contribution in [3.05, 3.63) is 35.9 Å². The molecule has 2 atom stereocenters. The van der Waals surface area contributed by atoms with Gasteiger partial charge in [0.25, 0.3) is 0 Å². The van der Waals surface area contributed by atoms with E-state index in [1.165, 1.54) is 5.69 Å². The van der Waals surface area contributed by atoms with Crippen LogP contribution >= 0.6 is 0 Å². The first-order valence-electron chi connectivity index (χ1n) is 9.29. The van der Waals surface area contributed by atoms with E-state index < -0.39 is 0 Å². The highest BCUT2D eigenvalue weighted by Gasteiger charge is 2.24. The lowest BCUT2D eigenvalue weighted by molar-refractivity contribution is -0.127. The van der Waals surface area contributed by atoms with Crippen molar-refractivity contribution in [1.29, 1.82) is 0 Å². The summed E-state index contributed by atoms with van der Waals surface area (Å²) in [7, 11) is 0. The maximum Gasteiger partial charge on any atom is 0.246 e. The van der Waals surface area contributed by atoms with Crippen LogP contribution < -0.4 is 10.6 Å². The number of morpholine rings is 1. The summed E-state index contributed by atoms with van der Waals surface area (Å²) in [5.41, 5.74) is 8.26. The molecule has 2 saturated heterocycles. The number of hydrogen-bond acceptors (Lipinski definition) is 4. The highest BCUT2D eigenvalue weighted by atomic mass is 16.5. The Hall–Kier alpha value is -1.85. The first kappa shape index (κ1) is 18.0. The topological polar surface area (TPSA) is 58.8 Å². The van der Waals surface area contributed by atoms with Gasteiger partial charge >= 0.3 is 0 Å². The van der Waals surface area contributed by atoms with Gasteiger partial charge in [-0.3, -0.25) is 4.79 Å². The van der Waals surface area contributed by atoms with Crippen LogP contribution in [0.5, 0.6) is 0 Å².